The van der Waals surface area contributed by atoms with Crippen LogP contribution in [-0.2, 0) is 6.54 Å². The highest BCUT2D eigenvalue weighted by atomic mass is 32.2. The van der Waals surface area contributed by atoms with Crippen LogP contribution in [0.25, 0.3) is 0 Å². The molecule has 0 aliphatic carbocycles. The molecule has 2 heterocycles. The van der Waals surface area contributed by atoms with E-state index in [1.54, 1.807) is 26.0 Å². The predicted octanol–water partition coefficient (Wildman–Crippen LogP) is 2.76. The van der Waals surface area contributed by atoms with Gasteiger partial charge in [-0.1, -0.05) is 0 Å². The standard InChI is InChI=1S/C14H18N2O2S/c1-17-11-5-6-12(18-2)13-10(11)9-15-14(19-13)16-7-3-4-8-16/h5-6H,3-4,7-9H2,1-2H3. The molecular weight excluding hydrogens is 260 g/mol. The van der Waals surface area contributed by atoms with Gasteiger partial charge in [0.25, 0.3) is 0 Å². The Labute approximate surface area is 117 Å². The zero-order valence-electron chi connectivity index (χ0n) is 11.3. The molecule has 1 aromatic rings. The number of nitrogens with zero attached hydrogens (tertiary/aromatic N) is 2. The fraction of sp³-hybridized carbons (Fsp3) is 0.500. The second-order valence-electron chi connectivity index (χ2n) is 4.67. The molecule has 0 N–H and O–H groups in total. The van der Waals surface area contributed by atoms with E-state index in [2.05, 4.69) is 4.90 Å². The number of methoxy groups -OCH3 is 2. The van der Waals surface area contributed by atoms with E-state index in [1.807, 2.05) is 12.1 Å². The summed E-state index contributed by atoms with van der Waals surface area (Å²) in [6.07, 6.45) is 2.53. The van der Waals surface area contributed by atoms with Gasteiger partial charge in [-0.05, 0) is 36.7 Å². The highest BCUT2D eigenvalue weighted by molar-refractivity contribution is 8.14. The van der Waals surface area contributed by atoms with Gasteiger partial charge in [-0.2, -0.15) is 0 Å². The molecular formula is C14H18N2O2S. The zero-order chi connectivity index (χ0) is 13.2. The maximum atomic E-state index is 5.47. The van der Waals surface area contributed by atoms with E-state index in [-0.39, 0.29) is 0 Å². The molecule has 19 heavy (non-hydrogen) atoms. The molecule has 0 unspecified atom stereocenters. The van der Waals surface area contributed by atoms with Crippen LogP contribution < -0.4 is 9.47 Å². The van der Waals surface area contributed by atoms with Crippen LogP contribution in [0.5, 0.6) is 11.5 Å². The molecule has 3 rings (SSSR count). The summed E-state index contributed by atoms with van der Waals surface area (Å²) in [7, 11) is 3.41. The van der Waals surface area contributed by atoms with Gasteiger partial charge in [-0.25, -0.2) is 0 Å². The number of amidine groups is 1. The van der Waals surface area contributed by atoms with Crippen molar-refractivity contribution in [1.82, 2.24) is 4.90 Å². The Balaban J connectivity index is 1.93. The number of thioether (sulfide) groups is 1. The lowest BCUT2D eigenvalue weighted by Gasteiger charge is -2.25. The van der Waals surface area contributed by atoms with Crippen molar-refractivity contribution < 1.29 is 9.47 Å². The van der Waals surface area contributed by atoms with Crippen molar-refractivity contribution in [2.24, 2.45) is 4.99 Å². The Bertz CT molecular complexity index is 510. The van der Waals surface area contributed by atoms with E-state index in [4.69, 9.17) is 14.5 Å². The van der Waals surface area contributed by atoms with Crippen molar-refractivity contribution in [2.45, 2.75) is 24.3 Å². The van der Waals surface area contributed by atoms with Gasteiger partial charge in [0.05, 0.1) is 25.7 Å². The van der Waals surface area contributed by atoms with Crippen molar-refractivity contribution in [3.63, 3.8) is 0 Å². The minimum absolute atomic E-state index is 0.675. The molecule has 5 heteroatoms. The van der Waals surface area contributed by atoms with Crippen molar-refractivity contribution >= 4 is 16.9 Å². The molecule has 2 aliphatic heterocycles. The first-order valence-electron chi connectivity index (χ1n) is 6.54. The topological polar surface area (TPSA) is 34.1 Å². The molecule has 2 aliphatic rings. The third-order valence-electron chi connectivity index (χ3n) is 3.56. The third kappa shape index (κ3) is 2.27. The van der Waals surface area contributed by atoms with Gasteiger partial charge >= 0.3 is 0 Å². The van der Waals surface area contributed by atoms with Crippen LogP contribution in [0, 0.1) is 0 Å². The smallest absolute Gasteiger partial charge is 0.164 e. The number of fused-ring (bicyclic) bond motifs is 1. The van der Waals surface area contributed by atoms with Crippen LogP contribution in [0.3, 0.4) is 0 Å². The van der Waals surface area contributed by atoms with Crippen molar-refractivity contribution in [3.8, 4) is 11.5 Å². The summed E-state index contributed by atoms with van der Waals surface area (Å²) in [5, 5.41) is 1.12. The molecule has 4 nitrogen and oxygen atoms in total. The van der Waals surface area contributed by atoms with Gasteiger partial charge in [0.15, 0.2) is 5.17 Å². The van der Waals surface area contributed by atoms with Crippen molar-refractivity contribution in [3.05, 3.63) is 17.7 Å². The fourth-order valence-electron chi connectivity index (χ4n) is 2.55. The fourth-order valence-corrected chi connectivity index (χ4v) is 3.71. The minimum atomic E-state index is 0.675. The molecule has 102 valence electrons. The summed E-state index contributed by atoms with van der Waals surface area (Å²) in [5.74, 6) is 1.81. The number of hydrogen-bond donors (Lipinski definition) is 0. The summed E-state index contributed by atoms with van der Waals surface area (Å²) in [5.41, 5.74) is 1.13. The van der Waals surface area contributed by atoms with Gasteiger partial charge in [-0.3, -0.25) is 4.99 Å². The third-order valence-corrected chi connectivity index (χ3v) is 4.79. The first-order chi connectivity index (χ1) is 9.33. The van der Waals surface area contributed by atoms with E-state index in [1.165, 1.54) is 12.8 Å². The summed E-state index contributed by atoms with van der Waals surface area (Å²) in [6, 6.07) is 3.92. The van der Waals surface area contributed by atoms with Gasteiger partial charge in [0, 0.05) is 18.7 Å². The van der Waals surface area contributed by atoms with Gasteiger partial charge in [0.1, 0.15) is 11.5 Å². The summed E-state index contributed by atoms with van der Waals surface area (Å²) in [4.78, 5) is 8.23. The van der Waals surface area contributed by atoms with E-state index in [0.29, 0.717) is 6.54 Å². The quantitative estimate of drug-likeness (QED) is 0.833. The lowest BCUT2D eigenvalue weighted by atomic mass is 10.2. The average Bonchev–Trinajstić information content (AvgIpc) is 2.99. The average molecular weight is 278 g/mol. The van der Waals surface area contributed by atoms with Crippen molar-refractivity contribution in [1.29, 1.82) is 0 Å². The lowest BCUT2D eigenvalue weighted by molar-refractivity contribution is 0.389. The molecule has 0 saturated carbocycles. The number of aliphatic imine (C=N–C) groups is 1. The lowest BCUT2D eigenvalue weighted by Crippen LogP contribution is -2.26. The van der Waals surface area contributed by atoms with Crippen LogP contribution in [0.2, 0.25) is 0 Å². The summed E-state index contributed by atoms with van der Waals surface area (Å²) < 4.78 is 10.9. The minimum Gasteiger partial charge on any atom is -0.496 e. The number of hydrogen-bond acceptors (Lipinski definition) is 5. The van der Waals surface area contributed by atoms with Crippen molar-refractivity contribution in [2.75, 3.05) is 27.3 Å². The second-order valence-corrected chi connectivity index (χ2v) is 5.65. The van der Waals surface area contributed by atoms with E-state index < -0.39 is 0 Å². The molecule has 0 atom stereocenters. The summed E-state index contributed by atoms with van der Waals surface area (Å²) in [6.45, 7) is 2.91. The molecule has 0 amide bonds. The number of likely N-dealkylation sites (tertiary alicyclic amines) is 1. The molecule has 1 saturated heterocycles. The Morgan fingerprint density at radius 3 is 2.47 bits per heavy atom. The van der Waals surface area contributed by atoms with Crippen LogP contribution in [0.15, 0.2) is 22.0 Å². The van der Waals surface area contributed by atoms with E-state index in [9.17, 15) is 0 Å². The Morgan fingerprint density at radius 1 is 1.11 bits per heavy atom. The largest absolute Gasteiger partial charge is 0.496 e. The van der Waals surface area contributed by atoms with E-state index in [0.717, 1.165) is 40.2 Å². The first-order valence-corrected chi connectivity index (χ1v) is 7.36. The van der Waals surface area contributed by atoms with Crippen LogP contribution >= 0.6 is 11.8 Å². The zero-order valence-corrected chi connectivity index (χ0v) is 12.1. The maximum absolute atomic E-state index is 5.47. The SMILES string of the molecule is COc1ccc(OC)c2c1CN=C(N1CCCC1)S2. The number of rotatable bonds is 2. The van der Waals surface area contributed by atoms with Gasteiger partial charge < -0.3 is 14.4 Å². The predicted molar refractivity (Wildman–Crippen MR) is 77.3 cm³/mol. The molecule has 0 radical (unpaired) electrons. The molecule has 0 bridgehead atoms. The van der Waals surface area contributed by atoms with Crippen LogP contribution in [0.4, 0.5) is 0 Å². The normalized spacial score (nSPS) is 18.0. The van der Waals surface area contributed by atoms with Gasteiger partial charge in [-0.15, -0.1) is 0 Å². The highest BCUT2D eigenvalue weighted by Crippen LogP contribution is 2.42. The van der Waals surface area contributed by atoms with Crippen LogP contribution in [0.1, 0.15) is 18.4 Å². The Hall–Kier alpha value is -1.36. The highest BCUT2D eigenvalue weighted by Gasteiger charge is 2.25. The molecule has 1 aromatic carbocycles. The first kappa shape index (κ1) is 12.7. The monoisotopic (exact) mass is 278 g/mol. The molecule has 0 aromatic heterocycles. The summed E-state index contributed by atoms with van der Waals surface area (Å²) >= 11 is 1.71. The molecule has 0 spiro atoms. The number of benzene rings is 1. The van der Waals surface area contributed by atoms with E-state index >= 15 is 0 Å². The van der Waals surface area contributed by atoms with Crippen LogP contribution in [-0.4, -0.2) is 37.4 Å². The van der Waals surface area contributed by atoms with Gasteiger partial charge in [0.2, 0.25) is 0 Å². The Kier molecular flexibility index (Phi) is 3.55. The maximum Gasteiger partial charge on any atom is 0.164 e. The Morgan fingerprint density at radius 2 is 1.79 bits per heavy atom. The number of ether oxygens (including phenoxy) is 2. The molecule has 1 fully saturated rings. The second kappa shape index (κ2) is 5.33.